The van der Waals surface area contributed by atoms with E-state index in [9.17, 15) is 14.0 Å². The second-order valence-corrected chi connectivity index (χ2v) is 8.03. The Hall–Kier alpha value is -2.28. The molecule has 5 nitrogen and oxygen atoms in total. The molecule has 0 saturated carbocycles. The molecule has 1 unspecified atom stereocenters. The van der Waals surface area contributed by atoms with Gasteiger partial charge in [-0.1, -0.05) is 18.2 Å². The summed E-state index contributed by atoms with van der Waals surface area (Å²) in [5, 5.41) is 3.54. The monoisotopic (exact) mass is 385 g/mol. The fraction of sp³-hybridized carbons (Fsp3) is 0.400. The molecule has 0 bridgehead atoms. The summed E-state index contributed by atoms with van der Waals surface area (Å²) >= 11 is 1.63. The van der Waals surface area contributed by atoms with Crippen LogP contribution in [-0.2, 0) is 9.59 Å². The lowest BCUT2D eigenvalue weighted by atomic mass is 9.94. The molecule has 27 heavy (non-hydrogen) atoms. The first-order valence-electron chi connectivity index (χ1n) is 9.25. The van der Waals surface area contributed by atoms with Crippen molar-refractivity contribution in [2.75, 3.05) is 5.32 Å². The highest BCUT2D eigenvalue weighted by atomic mass is 32.2. The molecule has 140 valence electrons. The maximum absolute atomic E-state index is 12.9. The molecule has 0 spiro atoms. The van der Waals surface area contributed by atoms with Crippen molar-refractivity contribution in [2.45, 2.75) is 44.9 Å². The summed E-state index contributed by atoms with van der Waals surface area (Å²) < 4.78 is 12.9. The number of thioether (sulfide) groups is 1. The number of allylic oxidation sites excluding steroid dienone is 1. The summed E-state index contributed by atoms with van der Waals surface area (Å²) in [5.41, 5.74) is 1.76. The topological polar surface area (TPSA) is 70.9 Å². The molecule has 4 rings (SSSR count). The Morgan fingerprint density at radius 1 is 1.15 bits per heavy atom. The standard InChI is InChI=1S/C20H20FN3O2S/c21-12-6-8-13(9-7-12)22-17(25)11-10-16-23-19(26)18-14-4-2-1-3-5-15(14)27-20(18)24-16/h6-9,18H,1-5,10-11H2,(H,22,25). The van der Waals surface area contributed by atoms with E-state index >= 15 is 0 Å². The Balaban J connectivity index is 1.37. The highest BCUT2D eigenvalue weighted by Crippen LogP contribution is 2.46. The minimum Gasteiger partial charge on any atom is -0.326 e. The maximum atomic E-state index is 12.9. The van der Waals surface area contributed by atoms with Gasteiger partial charge in [-0.3, -0.25) is 9.59 Å². The largest absolute Gasteiger partial charge is 0.326 e. The number of amides is 2. The van der Waals surface area contributed by atoms with Gasteiger partial charge in [0.05, 0.1) is 5.04 Å². The molecule has 2 heterocycles. The quantitative estimate of drug-likeness (QED) is 0.832. The Labute approximate surface area is 161 Å². The van der Waals surface area contributed by atoms with Crippen molar-refractivity contribution in [1.29, 1.82) is 0 Å². The third kappa shape index (κ3) is 4.03. The molecule has 1 aromatic rings. The number of hydrogen-bond acceptors (Lipinski definition) is 4. The van der Waals surface area contributed by atoms with Crippen molar-refractivity contribution < 1.29 is 14.0 Å². The summed E-state index contributed by atoms with van der Waals surface area (Å²) in [6, 6.07) is 5.60. The summed E-state index contributed by atoms with van der Waals surface area (Å²) in [4.78, 5) is 34.7. The predicted octanol–water partition coefficient (Wildman–Crippen LogP) is 4.46. The van der Waals surface area contributed by atoms with E-state index in [4.69, 9.17) is 0 Å². The van der Waals surface area contributed by atoms with Crippen molar-refractivity contribution in [3.63, 3.8) is 0 Å². The van der Waals surface area contributed by atoms with Crippen LogP contribution < -0.4 is 5.32 Å². The molecule has 0 fully saturated rings. The lowest BCUT2D eigenvalue weighted by molar-refractivity contribution is -0.119. The first-order valence-corrected chi connectivity index (χ1v) is 10.1. The first kappa shape index (κ1) is 18.1. The van der Waals surface area contributed by atoms with Crippen LogP contribution in [0, 0.1) is 11.7 Å². The molecular formula is C20H20FN3O2S. The van der Waals surface area contributed by atoms with Gasteiger partial charge in [-0.05, 0) is 60.4 Å². The minimum atomic E-state index is -0.352. The van der Waals surface area contributed by atoms with Crippen LogP contribution in [0.15, 0.2) is 44.7 Å². The number of carbonyl (C=O) groups excluding carboxylic acids is 2. The Bertz CT molecular complexity index is 874. The second-order valence-electron chi connectivity index (χ2n) is 6.92. The van der Waals surface area contributed by atoms with Crippen molar-refractivity contribution in [3.8, 4) is 0 Å². The molecule has 3 aliphatic rings. The van der Waals surface area contributed by atoms with Crippen LogP contribution in [0.2, 0.25) is 0 Å². The van der Waals surface area contributed by atoms with Gasteiger partial charge in [-0.25, -0.2) is 9.38 Å². The van der Waals surface area contributed by atoms with E-state index < -0.39 is 0 Å². The van der Waals surface area contributed by atoms with E-state index in [0.29, 0.717) is 17.9 Å². The van der Waals surface area contributed by atoms with Crippen molar-refractivity contribution in [1.82, 2.24) is 0 Å². The summed E-state index contributed by atoms with van der Waals surface area (Å²) in [6.07, 6.45) is 5.95. The number of benzene rings is 1. The SMILES string of the molecule is O=C(CCC1=NC(=O)C2C(=N1)SC1=C2CCCCC1)Nc1ccc(F)cc1. The zero-order chi connectivity index (χ0) is 18.8. The Kier molecular flexibility index (Phi) is 5.20. The molecule has 1 N–H and O–H groups in total. The number of carbonyl (C=O) groups is 2. The van der Waals surface area contributed by atoms with Gasteiger partial charge >= 0.3 is 0 Å². The molecule has 0 radical (unpaired) electrons. The zero-order valence-electron chi connectivity index (χ0n) is 14.8. The Morgan fingerprint density at radius 3 is 2.74 bits per heavy atom. The maximum Gasteiger partial charge on any atom is 0.261 e. The lowest BCUT2D eigenvalue weighted by Gasteiger charge is -2.16. The third-order valence-corrected chi connectivity index (χ3v) is 6.21. The van der Waals surface area contributed by atoms with E-state index in [0.717, 1.165) is 30.7 Å². The van der Waals surface area contributed by atoms with Crippen molar-refractivity contribution in [2.24, 2.45) is 15.9 Å². The molecule has 1 atom stereocenters. The van der Waals surface area contributed by atoms with E-state index in [1.807, 2.05) is 0 Å². The van der Waals surface area contributed by atoms with Crippen LogP contribution in [0.4, 0.5) is 10.1 Å². The first-order chi connectivity index (χ1) is 13.1. The van der Waals surface area contributed by atoms with Crippen LogP contribution in [0.5, 0.6) is 0 Å². The van der Waals surface area contributed by atoms with Crippen molar-refractivity contribution in [3.05, 3.63) is 40.6 Å². The average Bonchev–Trinajstić information content (AvgIpc) is 2.84. The van der Waals surface area contributed by atoms with Gasteiger partial charge in [0, 0.05) is 18.5 Å². The zero-order valence-corrected chi connectivity index (χ0v) is 15.7. The number of hydrogen-bond donors (Lipinski definition) is 1. The number of anilines is 1. The number of nitrogens with one attached hydrogen (secondary N) is 1. The number of amidine groups is 1. The molecule has 7 heteroatoms. The lowest BCUT2D eigenvalue weighted by Crippen LogP contribution is -2.26. The molecular weight excluding hydrogens is 365 g/mol. The molecule has 2 amide bonds. The second kappa shape index (κ2) is 7.76. The number of rotatable bonds is 4. The van der Waals surface area contributed by atoms with Crippen LogP contribution >= 0.6 is 11.8 Å². The van der Waals surface area contributed by atoms with E-state index in [2.05, 4.69) is 15.3 Å². The molecule has 0 saturated heterocycles. The van der Waals surface area contributed by atoms with Gasteiger partial charge in [0.1, 0.15) is 17.6 Å². The predicted molar refractivity (Wildman–Crippen MR) is 105 cm³/mol. The highest BCUT2D eigenvalue weighted by molar-refractivity contribution is 8.17. The average molecular weight is 385 g/mol. The number of nitrogens with zero attached hydrogens (tertiary/aromatic N) is 2. The van der Waals surface area contributed by atoms with E-state index in [-0.39, 0.29) is 30.0 Å². The molecule has 1 aliphatic carbocycles. The normalized spacial score (nSPS) is 21.8. The summed E-state index contributed by atoms with van der Waals surface area (Å²) in [6.45, 7) is 0. The molecule has 2 aliphatic heterocycles. The van der Waals surface area contributed by atoms with Crippen LogP contribution in [0.3, 0.4) is 0 Å². The number of aliphatic imine (C=N–C) groups is 2. The minimum absolute atomic E-state index is 0.145. The van der Waals surface area contributed by atoms with Gasteiger partial charge < -0.3 is 5.32 Å². The van der Waals surface area contributed by atoms with Crippen LogP contribution in [-0.4, -0.2) is 22.7 Å². The summed E-state index contributed by atoms with van der Waals surface area (Å²) in [7, 11) is 0. The van der Waals surface area contributed by atoms with Gasteiger partial charge in [-0.2, -0.15) is 4.99 Å². The molecule has 0 aromatic heterocycles. The van der Waals surface area contributed by atoms with Crippen molar-refractivity contribution >= 4 is 40.1 Å². The fourth-order valence-electron chi connectivity index (χ4n) is 3.61. The number of halogens is 1. The Morgan fingerprint density at radius 2 is 1.93 bits per heavy atom. The van der Waals surface area contributed by atoms with Gasteiger partial charge in [0.2, 0.25) is 5.91 Å². The van der Waals surface area contributed by atoms with E-state index in [1.165, 1.54) is 41.2 Å². The highest BCUT2D eigenvalue weighted by Gasteiger charge is 2.39. The van der Waals surface area contributed by atoms with E-state index in [1.54, 1.807) is 11.8 Å². The van der Waals surface area contributed by atoms with Gasteiger partial charge in [-0.15, -0.1) is 0 Å². The van der Waals surface area contributed by atoms with Gasteiger partial charge in [0.25, 0.3) is 5.91 Å². The smallest absolute Gasteiger partial charge is 0.261 e. The fourth-order valence-corrected chi connectivity index (χ4v) is 4.98. The van der Waals surface area contributed by atoms with Gasteiger partial charge in [0.15, 0.2) is 0 Å². The van der Waals surface area contributed by atoms with Crippen LogP contribution in [0.1, 0.15) is 44.9 Å². The summed E-state index contributed by atoms with van der Waals surface area (Å²) in [5.74, 6) is -0.569. The van der Waals surface area contributed by atoms with Crippen LogP contribution in [0.25, 0.3) is 0 Å². The third-order valence-electron chi connectivity index (χ3n) is 4.96. The molecule has 1 aromatic carbocycles. The number of fused-ring (bicyclic) bond motifs is 2.